The molecule has 2 fully saturated rings. The molecular weight excluding hydrogens is 380 g/mol. The van der Waals surface area contributed by atoms with Crippen LogP contribution in [0, 0.1) is 5.41 Å². The van der Waals surface area contributed by atoms with Gasteiger partial charge >= 0.3 is 0 Å². The van der Waals surface area contributed by atoms with Gasteiger partial charge in [0.05, 0.1) is 37.1 Å². The van der Waals surface area contributed by atoms with E-state index in [9.17, 15) is 5.11 Å². The Bertz CT molecular complexity index is 1110. The summed E-state index contributed by atoms with van der Waals surface area (Å²) in [6.45, 7) is 3.38. The molecule has 0 amide bonds. The quantitative estimate of drug-likeness (QED) is 0.714. The number of nitrogens with zero attached hydrogens (tertiary/aromatic N) is 4. The van der Waals surface area contributed by atoms with Gasteiger partial charge < -0.3 is 14.6 Å². The van der Waals surface area contributed by atoms with Crippen LogP contribution in [-0.4, -0.2) is 37.8 Å². The summed E-state index contributed by atoms with van der Waals surface area (Å²) in [5, 5.41) is 19.8. The van der Waals surface area contributed by atoms with Gasteiger partial charge in [0.15, 0.2) is 0 Å². The molecule has 3 aromatic rings. The number of aliphatic hydroxyl groups is 1. The minimum absolute atomic E-state index is 0.126. The smallest absolute Gasteiger partial charge is 0.141 e. The molecule has 30 heavy (non-hydrogen) atoms. The van der Waals surface area contributed by atoms with Gasteiger partial charge in [-0.2, -0.15) is 0 Å². The molecular formula is C23H26N4O3. The summed E-state index contributed by atoms with van der Waals surface area (Å²) in [5.41, 5.74) is 4.44. The molecule has 2 saturated carbocycles. The zero-order valence-electron chi connectivity index (χ0n) is 17.1. The maximum atomic E-state index is 10.0. The minimum atomic E-state index is -0.199. The molecule has 1 aliphatic heterocycles. The van der Waals surface area contributed by atoms with Crippen LogP contribution in [0.2, 0.25) is 0 Å². The molecule has 1 aromatic carbocycles. The normalized spacial score (nSPS) is 28.6. The summed E-state index contributed by atoms with van der Waals surface area (Å²) in [5.74, 6) is 0.812. The van der Waals surface area contributed by atoms with Crippen LogP contribution < -0.4 is 4.74 Å². The van der Waals surface area contributed by atoms with Gasteiger partial charge in [-0.05, 0) is 68.4 Å². The van der Waals surface area contributed by atoms with Crippen LogP contribution in [-0.2, 0) is 17.8 Å². The second-order valence-electron chi connectivity index (χ2n) is 9.11. The lowest BCUT2D eigenvalue weighted by molar-refractivity contribution is -0.141. The summed E-state index contributed by atoms with van der Waals surface area (Å²) in [7, 11) is 0. The third-order valence-corrected chi connectivity index (χ3v) is 7.33. The van der Waals surface area contributed by atoms with E-state index in [1.165, 1.54) is 5.56 Å². The van der Waals surface area contributed by atoms with Crippen molar-refractivity contribution >= 4 is 10.9 Å². The van der Waals surface area contributed by atoms with Crippen LogP contribution in [0.15, 0.2) is 30.6 Å². The van der Waals surface area contributed by atoms with Crippen molar-refractivity contribution in [1.82, 2.24) is 20.0 Å². The van der Waals surface area contributed by atoms with E-state index in [4.69, 9.17) is 9.47 Å². The summed E-state index contributed by atoms with van der Waals surface area (Å²) in [6.07, 6.45) is 8.57. The Labute approximate surface area is 175 Å². The van der Waals surface area contributed by atoms with E-state index >= 15 is 0 Å². The van der Waals surface area contributed by atoms with Gasteiger partial charge in [-0.3, -0.25) is 4.98 Å². The second kappa shape index (κ2) is 6.75. The Morgan fingerprint density at radius 2 is 2.23 bits per heavy atom. The predicted molar refractivity (Wildman–Crippen MR) is 110 cm³/mol. The van der Waals surface area contributed by atoms with Crippen molar-refractivity contribution in [3.05, 3.63) is 47.4 Å². The van der Waals surface area contributed by atoms with Crippen molar-refractivity contribution in [1.29, 1.82) is 0 Å². The first kappa shape index (κ1) is 18.3. The van der Waals surface area contributed by atoms with Crippen LogP contribution >= 0.6 is 0 Å². The molecule has 0 radical (unpaired) electrons. The number of aliphatic hydroxyl groups excluding tert-OH is 1. The molecule has 0 saturated heterocycles. The van der Waals surface area contributed by atoms with Crippen molar-refractivity contribution in [3.8, 4) is 5.75 Å². The zero-order valence-corrected chi connectivity index (χ0v) is 17.1. The molecule has 6 rings (SSSR count). The highest BCUT2D eigenvalue weighted by molar-refractivity contribution is 5.84. The maximum absolute atomic E-state index is 10.0. The Hall–Kier alpha value is -2.51. The standard InChI is InChI=1S/C23H26N4O3/c1-14(21-12-27(26-25-21)16-9-23(10-16)6-4-22(23)28)30-17-2-3-20-19(8-17)18-5-7-29-13-15(18)11-24-20/h2-3,8,11-12,14,16,22,28H,4-7,9-10,13H2,1H3. The first-order valence-corrected chi connectivity index (χ1v) is 10.9. The number of aromatic nitrogens is 4. The van der Waals surface area contributed by atoms with E-state index in [0.717, 1.165) is 66.6 Å². The lowest BCUT2D eigenvalue weighted by atomic mass is 9.52. The first-order valence-electron chi connectivity index (χ1n) is 10.9. The predicted octanol–water partition coefficient (Wildman–Crippen LogP) is 3.52. The van der Waals surface area contributed by atoms with Gasteiger partial charge in [0.2, 0.25) is 0 Å². The van der Waals surface area contributed by atoms with Crippen LogP contribution in [0.5, 0.6) is 5.75 Å². The van der Waals surface area contributed by atoms with Crippen LogP contribution in [0.1, 0.15) is 61.6 Å². The largest absolute Gasteiger partial charge is 0.484 e. The lowest BCUT2D eigenvalue weighted by Crippen LogP contribution is -2.54. The molecule has 2 unspecified atom stereocenters. The Morgan fingerprint density at radius 3 is 3.03 bits per heavy atom. The number of ether oxygens (including phenoxy) is 2. The van der Waals surface area contributed by atoms with Crippen molar-refractivity contribution in [2.45, 2.75) is 63.9 Å². The Kier molecular flexibility index (Phi) is 4.11. The van der Waals surface area contributed by atoms with Gasteiger partial charge in [-0.25, -0.2) is 4.68 Å². The summed E-state index contributed by atoms with van der Waals surface area (Å²) < 4.78 is 13.7. The van der Waals surface area contributed by atoms with Gasteiger partial charge in [-0.15, -0.1) is 5.10 Å². The average Bonchev–Trinajstić information content (AvgIpc) is 3.21. The maximum Gasteiger partial charge on any atom is 0.141 e. The number of benzene rings is 1. The van der Waals surface area contributed by atoms with Gasteiger partial charge in [-0.1, -0.05) is 5.21 Å². The fourth-order valence-electron chi connectivity index (χ4n) is 5.26. The monoisotopic (exact) mass is 406 g/mol. The van der Waals surface area contributed by atoms with Crippen molar-refractivity contribution < 1.29 is 14.6 Å². The molecule has 1 N–H and O–H groups in total. The van der Waals surface area contributed by atoms with E-state index in [-0.39, 0.29) is 17.6 Å². The van der Waals surface area contributed by atoms with Gasteiger partial charge in [0, 0.05) is 17.0 Å². The molecule has 3 heterocycles. The Morgan fingerprint density at radius 1 is 1.33 bits per heavy atom. The molecule has 3 aliphatic rings. The van der Waals surface area contributed by atoms with E-state index in [0.29, 0.717) is 12.6 Å². The topological polar surface area (TPSA) is 82.3 Å². The number of rotatable bonds is 4. The van der Waals surface area contributed by atoms with Crippen LogP contribution in [0.4, 0.5) is 0 Å². The highest BCUT2D eigenvalue weighted by atomic mass is 16.5. The number of hydrogen-bond donors (Lipinski definition) is 1. The van der Waals surface area contributed by atoms with Gasteiger partial charge in [0.25, 0.3) is 0 Å². The van der Waals surface area contributed by atoms with E-state index in [2.05, 4.69) is 21.4 Å². The van der Waals surface area contributed by atoms with Crippen LogP contribution in [0.3, 0.4) is 0 Å². The lowest BCUT2D eigenvalue weighted by Gasteiger charge is -2.57. The van der Waals surface area contributed by atoms with E-state index < -0.39 is 0 Å². The average molecular weight is 406 g/mol. The fourth-order valence-corrected chi connectivity index (χ4v) is 5.26. The third-order valence-electron chi connectivity index (χ3n) is 7.33. The zero-order chi connectivity index (χ0) is 20.3. The highest BCUT2D eigenvalue weighted by Crippen LogP contribution is 2.60. The van der Waals surface area contributed by atoms with Crippen molar-refractivity contribution in [2.24, 2.45) is 5.41 Å². The van der Waals surface area contributed by atoms with E-state index in [1.54, 1.807) is 0 Å². The molecule has 0 bridgehead atoms. The summed E-state index contributed by atoms with van der Waals surface area (Å²) >= 11 is 0. The number of hydrogen-bond acceptors (Lipinski definition) is 6. The molecule has 156 valence electrons. The number of pyridine rings is 1. The van der Waals surface area contributed by atoms with Crippen molar-refractivity contribution in [2.75, 3.05) is 6.61 Å². The van der Waals surface area contributed by atoms with Gasteiger partial charge in [0.1, 0.15) is 17.5 Å². The molecule has 2 aliphatic carbocycles. The molecule has 1 spiro atoms. The molecule has 2 aromatic heterocycles. The SMILES string of the molecule is CC(Oc1ccc2ncc3c(c2c1)CCOC3)c1cn(C2CC3(CCC3O)C2)nn1. The third kappa shape index (κ3) is 2.83. The Balaban J connectivity index is 1.19. The number of fused-ring (bicyclic) bond motifs is 3. The summed E-state index contributed by atoms with van der Waals surface area (Å²) in [4.78, 5) is 4.56. The van der Waals surface area contributed by atoms with Crippen molar-refractivity contribution in [3.63, 3.8) is 0 Å². The molecule has 2 atom stereocenters. The van der Waals surface area contributed by atoms with Crippen LogP contribution in [0.25, 0.3) is 10.9 Å². The molecule has 7 heteroatoms. The fraction of sp³-hybridized carbons (Fsp3) is 0.522. The highest BCUT2D eigenvalue weighted by Gasteiger charge is 2.55. The molecule has 7 nitrogen and oxygen atoms in total. The minimum Gasteiger partial charge on any atom is -0.484 e. The first-order chi connectivity index (χ1) is 14.6. The summed E-state index contributed by atoms with van der Waals surface area (Å²) in [6, 6.07) is 6.41. The van der Waals surface area contributed by atoms with E-state index in [1.807, 2.05) is 36.1 Å². The second-order valence-corrected chi connectivity index (χ2v) is 9.11.